The minimum Gasteiger partial charge on any atom is -0.492 e. The fourth-order valence-corrected chi connectivity index (χ4v) is 3.33. The van der Waals surface area contributed by atoms with Crippen LogP contribution in [0.5, 0.6) is 5.75 Å². The zero-order valence-electron chi connectivity index (χ0n) is 15.2. The Balaban J connectivity index is 1.58. The number of pyridine rings is 1. The Morgan fingerprint density at radius 2 is 2.15 bits per heavy atom. The van der Waals surface area contributed by atoms with Gasteiger partial charge in [0.2, 0.25) is 0 Å². The van der Waals surface area contributed by atoms with Crippen LogP contribution < -0.4 is 10.3 Å². The number of benzene rings is 1. The molecule has 2 radical (unpaired) electrons. The molecule has 0 aliphatic carbocycles. The van der Waals surface area contributed by atoms with Gasteiger partial charge in [-0.2, -0.15) is 0 Å². The van der Waals surface area contributed by atoms with E-state index < -0.39 is 5.97 Å². The van der Waals surface area contributed by atoms with Gasteiger partial charge in [-0.1, -0.05) is 0 Å². The summed E-state index contributed by atoms with van der Waals surface area (Å²) in [6, 6.07) is 7.25. The fourth-order valence-electron chi connectivity index (χ4n) is 3.33. The Hall–Kier alpha value is -2.58. The van der Waals surface area contributed by atoms with Crippen LogP contribution in [0.3, 0.4) is 0 Å². The standard InChI is InChI=1S/C19H20BN3O4/c1-25-19(24)14-11-16(20)22-17-13-3-2-12(10-15(13)21-18(14)17)27-9-6-23-4-7-26-8-5-23/h2-3,10-11,21H,4-9H2,1H3. The summed E-state index contributed by atoms with van der Waals surface area (Å²) in [6.45, 7) is 4.89. The Bertz CT molecular complexity index is 982. The molecular weight excluding hydrogens is 345 g/mol. The Morgan fingerprint density at radius 1 is 1.33 bits per heavy atom. The largest absolute Gasteiger partial charge is 0.492 e. The van der Waals surface area contributed by atoms with Gasteiger partial charge in [-0.15, -0.1) is 0 Å². The van der Waals surface area contributed by atoms with Gasteiger partial charge in [0.15, 0.2) is 0 Å². The molecule has 0 amide bonds. The second kappa shape index (κ2) is 7.58. The number of H-pyrrole nitrogens is 1. The number of carbonyl (C=O) groups is 1. The van der Waals surface area contributed by atoms with Gasteiger partial charge in [0.25, 0.3) is 0 Å². The van der Waals surface area contributed by atoms with E-state index in [9.17, 15) is 4.79 Å². The number of morpholine rings is 1. The van der Waals surface area contributed by atoms with Gasteiger partial charge in [-0.05, 0) is 23.8 Å². The first-order valence-electron chi connectivity index (χ1n) is 8.89. The second-order valence-corrected chi connectivity index (χ2v) is 6.44. The molecule has 4 rings (SSSR count). The molecule has 0 unspecified atom stereocenters. The van der Waals surface area contributed by atoms with E-state index >= 15 is 0 Å². The Kier molecular flexibility index (Phi) is 5.00. The van der Waals surface area contributed by atoms with Crippen molar-refractivity contribution in [2.24, 2.45) is 0 Å². The number of rotatable bonds is 5. The minimum atomic E-state index is -0.456. The number of nitrogens with zero attached hydrogens (tertiary/aromatic N) is 2. The van der Waals surface area contributed by atoms with E-state index in [1.54, 1.807) is 0 Å². The molecule has 138 valence electrons. The SMILES string of the molecule is [B]c1cc(C(=O)OC)c2[nH]c3cc(OCCN4CCOCC4)ccc3c2n1. The first-order valence-corrected chi connectivity index (χ1v) is 8.89. The third kappa shape index (κ3) is 3.63. The maximum Gasteiger partial charge on any atom is 0.340 e. The highest BCUT2D eigenvalue weighted by atomic mass is 16.5. The molecule has 0 saturated carbocycles. The first kappa shape index (κ1) is 17.8. The number of aromatic nitrogens is 2. The lowest BCUT2D eigenvalue weighted by atomic mass is 10.0. The van der Waals surface area contributed by atoms with E-state index in [0.717, 1.165) is 49.5 Å². The molecule has 2 aromatic heterocycles. The summed E-state index contributed by atoms with van der Waals surface area (Å²) >= 11 is 0. The van der Waals surface area contributed by atoms with Crippen LogP contribution in [0, 0.1) is 0 Å². The molecule has 1 aromatic carbocycles. The summed E-state index contributed by atoms with van der Waals surface area (Å²) in [6.07, 6.45) is 0. The number of esters is 1. The monoisotopic (exact) mass is 365 g/mol. The van der Waals surface area contributed by atoms with Crippen molar-refractivity contribution in [3.63, 3.8) is 0 Å². The van der Waals surface area contributed by atoms with Gasteiger partial charge < -0.3 is 19.2 Å². The molecule has 3 heterocycles. The van der Waals surface area contributed by atoms with Crippen molar-refractivity contribution < 1.29 is 19.0 Å². The number of methoxy groups -OCH3 is 1. The van der Waals surface area contributed by atoms with Crippen molar-refractivity contribution in [1.82, 2.24) is 14.9 Å². The Labute approximate surface area is 158 Å². The number of aromatic amines is 1. The summed E-state index contributed by atoms with van der Waals surface area (Å²) in [5.41, 5.74) is 2.72. The van der Waals surface area contributed by atoms with Crippen LogP contribution in [0.2, 0.25) is 0 Å². The van der Waals surface area contributed by atoms with Crippen LogP contribution in [0.25, 0.3) is 21.9 Å². The molecule has 7 nitrogen and oxygen atoms in total. The summed E-state index contributed by atoms with van der Waals surface area (Å²) < 4.78 is 16.1. The highest BCUT2D eigenvalue weighted by Gasteiger charge is 2.17. The minimum absolute atomic E-state index is 0.273. The number of carbonyl (C=O) groups excluding carboxylic acids is 1. The van der Waals surface area contributed by atoms with Crippen molar-refractivity contribution in [3.05, 3.63) is 29.8 Å². The van der Waals surface area contributed by atoms with Crippen LogP contribution in [-0.4, -0.2) is 75.2 Å². The molecule has 0 bridgehead atoms. The highest BCUT2D eigenvalue weighted by Crippen LogP contribution is 2.28. The van der Waals surface area contributed by atoms with Gasteiger partial charge in [0.1, 0.15) is 20.2 Å². The third-order valence-corrected chi connectivity index (χ3v) is 4.73. The molecule has 3 aromatic rings. The van der Waals surface area contributed by atoms with Gasteiger partial charge >= 0.3 is 5.97 Å². The fraction of sp³-hybridized carbons (Fsp3) is 0.368. The van der Waals surface area contributed by atoms with E-state index in [1.807, 2.05) is 18.2 Å². The molecule has 0 atom stereocenters. The van der Waals surface area contributed by atoms with Crippen molar-refractivity contribution in [2.75, 3.05) is 46.6 Å². The van der Waals surface area contributed by atoms with Gasteiger partial charge in [-0.25, -0.2) is 4.79 Å². The van der Waals surface area contributed by atoms with Crippen molar-refractivity contribution >= 4 is 41.3 Å². The molecule has 1 saturated heterocycles. The quantitative estimate of drug-likeness (QED) is 0.537. The molecule has 1 aliphatic rings. The molecule has 27 heavy (non-hydrogen) atoms. The predicted molar refractivity (Wildman–Crippen MR) is 103 cm³/mol. The van der Waals surface area contributed by atoms with E-state index in [1.165, 1.54) is 13.2 Å². The lowest BCUT2D eigenvalue weighted by Gasteiger charge is -2.26. The van der Waals surface area contributed by atoms with Crippen LogP contribution in [0.4, 0.5) is 0 Å². The molecule has 1 N–H and O–H groups in total. The number of ether oxygens (including phenoxy) is 3. The number of fused-ring (bicyclic) bond motifs is 3. The summed E-state index contributed by atoms with van der Waals surface area (Å²) in [7, 11) is 7.20. The number of hydrogen-bond donors (Lipinski definition) is 1. The van der Waals surface area contributed by atoms with Crippen molar-refractivity contribution in [1.29, 1.82) is 0 Å². The number of nitrogens with one attached hydrogen (secondary N) is 1. The van der Waals surface area contributed by atoms with Gasteiger partial charge in [-0.3, -0.25) is 9.88 Å². The van der Waals surface area contributed by atoms with E-state index in [2.05, 4.69) is 14.9 Å². The summed E-state index contributed by atoms with van der Waals surface area (Å²) in [5, 5.41) is 0.878. The molecular formula is C19H20BN3O4. The molecule has 0 spiro atoms. The average molecular weight is 365 g/mol. The summed E-state index contributed by atoms with van der Waals surface area (Å²) in [4.78, 5) is 22.0. The lowest BCUT2D eigenvalue weighted by molar-refractivity contribution is 0.0322. The average Bonchev–Trinajstić information content (AvgIpc) is 3.05. The van der Waals surface area contributed by atoms with E-state index in [4.69, 9.17) is 22.1 Å². The zero-order valence-corrected chi connectivity index (χ0v) is 15.2. The normalized spacial score (nSPS) is 15.3. The summed E-state index contributed by atoms with van der Waals surface area (Å²) in [5.74, 6) is 0.303. The molecule has 1 fully saturated rings. The van der Waals surface area contributed by atoms with E-state index in [0.29, 0.717) is 23.2 Å². The third-order valence-electron chi connectivity index (χ3n) is 4.73. The van der Waals surface area contributed by atoms with Crippen molar-refractivity contribution in [3.8, 4) is 5.75 Å². The highest BCUT2D eigenvalue weighted by molar-refractivity contribution is 6.32. The second-order valence-electron chi connectivity index (χ2n) is 6.44. The smallest absolute Gasteiger partial charge is 0.340 e. The zero-order chi connectivity index (χ0) is 18.8. The lowest BCUT2D eigenvalue weighted by Crippen LogP contribution is -2.38. The van der Waals surface area contributed by atoms with Crippen LogP contribution in [-0.2, 0) is 9.47 Å². The van der Waals surface area contributed by atoms with Gasteiger partial charge in [0.05, 0.1) is 42.4 Å². The topological polar surface area (TPSA) is 76.7 Å². The first-order chi connectivity index (χ1) is 13.2. The van der Waals surface area contributed by atoms with Crippen LogP contribution in [0.1, 0.15) is 10.4 Å². The molecule has 1 aliphatic heterocycles. The number of hydrogen-bond acceptors (Lipinski definition) is 6. The van der Waals surface area contributed by atoms with Crippen LogP contribution >= 0.6 is 0 Å². The van der Waals surface area contributed by atoms with Crippen molar-refractivity contribution in [2.45, 2.75) is 0 Å². The Morgan fingerprint density at radius 3 is 2.93 bits per heavy atom. The maximum atomic E-state index is 12.1. The predicted octanol–water partition coefficient (Wildman–Crippen LogP) is 1.01. The molecule has 8 heteroatoms. The van der Waals surface area contributed by atoms with E-state index in [-0.39, 0.29) is 5.59 Å². The van der Waals surface area contributed by atoms with Crippen LogP contribution in [0.15, 0.2) is 24.3 Å². The maximum absolute atomic E-state index is 12.1. The van der Waals surface area contributed by atoms with Gasteiger partial charge in [0, 0.05) is 31.1 Å².